The van der Waals surface area contributed by atoms with Crippen LogP contribution in [0.1, 0.15) is 12.8 Å². The van der Waals surface area contributed by atoms with Gasteiger partial charge in [-0.05, 0) is 6.42 Å². The van der Waals surface area contributed by atoms with Crippen LogP contribution >= 0.6 is 0 Å². The summed E-state index contributed by atoms with van der Waals surface area (Å²) in [7, 11) is 1.70. The summed E-state index contributed by atoms with van der Waals surface area (Å²) in [5.41, 5.74) is 0. The zero-order chi connectivity index (χ0) is 10.6. The van der Waals surface area contributed by atoms with E-state index in [-0.39, 0.29) is 24.3 Å². The highest BCUT2D eigenvalue weighted by atomic mass is 16.3. The molecule has 5 nitrogen and oxygen atoms in total. The maximum atomic E-state index is 11.4. The molecule has 2 N–H and O–H groups in total. The summed E-state index contributed by atoms with van der Waals surface area (Å²) >= 11 is 0. The summed E-state index contributed by atoms with van der Waals surface area (Å²) in [4.78, 5) is 24.1. The van der Waals surface area contributed by atoms with Crippen LogP contribution < -0.4 is 5.32 Å². The summed E-state index contributed by atoms with van der Waals surface area (Å²) in [5, 5.41) is 11.2. The van der Waals surface area contributed by atoms with Crippen LogP contribution in [0.5, 0.6) is 0 Å². The SMILES string of the molecule is CN1CC(C(=O)NCCCO)CC1=O. The monoisotopic (exact) mass is 200 g/mol. The Labute approximate surface area is 83.1 Å². The van der Waals surface area contributed by atoms with Crippen molar-refractivity contribution in [3.63, 3.8) is 0 Å². The number of aliphatic hydroxyl groups excluding tert-OH is 1. The molecule has 1 rings (SSSR count). The molecule has 80 valence electrons. The van der Waals surface area contributed by atoms with Crippen molar-refractivity contribution in [1.82, 2.24) is 10.2 Å². The first kappa shape index (κ1) is 11.0. The number of hydrogen-bond donors (Lipinski definition) is 2. The molecule has 1 heterocycles. The molecule has 0 spiro atoms. The van der Waals surface area contributed by atoms with Gasteiger partial charge in [0.25, 0.3) is 0 Å². The molecule has 2 amide bonds. The number of aliphatic hydroxyl groups is 1. The van der Waals surface area contributed by atoms with Crippen LogP contribution in [0.25, 0.3) is 0 Å². The zero-order valence-corrected chi connectivity index (χ0v) is 8.32. The van der Waals surface area contributed by atoms with Crippen LogP contribution in [0.3, 0.4) is 0 Å². The Bertz CT molecular complexity index is 230. The van der Waals surface area contributed by atoms with Crippen LogP contribution in [0, 0.1) is 5.92 Å². The standard InChI is InChI=1S/C9H16N2O3/c1-11-6-7(5-8(11)13)9(14)10-3-2-4-12/h7,12H,2-6H2,1H3,(H,10,14). The fourth-order valence-electron chi connectivity index (χ4n) is 1.47. The van der Waals surface area contributed by atoms with Crippen molar-refractivity contribution >= 4 is 11.8 Å². The number of rotatable bonds is 4. The first-order valence-corrected chi connectivity index (χ1v) is 4.77. The molecule has 5 heteroatoms. The van der Waals surface area contributed by atoms with Crippen molar-refractivity contribution in [3.05, 3.63) is 0 Å². The molecule has 14 heavy (non-hydrogen) atoms. The normalized spacial score (nSPS) is 21.4. The van der Waals surface area contributed by atoms with Gasteiger partial charge in [0.15, 0.2) is 0 Å². The Hall–Kier alpha value is -1.10. The highest BCUT2D eigenvalue weighted by Gasteiger charge is 2.31. The van der Waals surface area contributed by atoms with E-state index in [0.29, 0.717) is 25.9 Å². The Balaban J connectivity index is 2.28. The Morgan fingerprint density at radius 1 is 1.71 bits per heavy atom. The lowest BCUT2D eigenvalue weighted by Gasteiger charge is -2.10. The topological polar surface area (TPSA) is 69.6 Å². The van der Waals surface area contributed by atoms with Gasteiger partial charge in [0, 0.05) is 33.2 Å². The molecule has 1 aliphatic rings. The summed E-state index contributed by atoms with van der Waals surface area (Å²) in [5.74, 6) is -0.283. The third kappa shape index (κ3) is 2.70. The number of nitrogens with one attached hydrogen (secondary N) is 1. The van der Waals surface area contributed by atoms with Crippen molar-refractivity contribution in [2.24, 2.45) is 5.92 Å². The van der Waals surface area contributed by atoms with Crippen LogP contribution in [-0.4, -0.2) is 48.6 Å². The molecule has 0 aliphatic carbocycles. The van der Waals surface area contributed by atoms with Gasteiger partial charge in [-0.25, -0.2) is 0 Å². The van der Waals surface area contributed by atoms with Gasteiger partial charge >= 0.3 is 0 Å². The van der Waals surface area contributed by atoms with Crippen LogP contribution in [0.15, 0.2) is 0 Å². The molecule has 0 aromatic rings. The lowest BCUT2D eigenvalue weighted by Crippen LogP contribution is -2.33. The van der Waals surface area contributed by atoms with E-state index in [2.05, 4.69) is 5.32 Å². The number of nitrogens with zero attached hydrogens (tertiary/aromatic N) is 1. The van der Waals surface area contributed by atoms with Gasteiger partial charge in [-0.15, -0.1) is 0 Å². The summed E-state index contributed by atoms with van der Waals surface area (Å²) in [6, 6.07) is 0. The van der Waals surface area contributed by atoms with E-state index in [1.165, 1.54) is 0 Å². The largest absolute Gasteiger partial charge is 0.396 e. The second-order valence-corrected chi connectivity index (χ2v) is 3.54. The molecule has 1 unspecified atom stereocenters. The predicted octanol–water partition coefficient (Wildman–Crippen LogP) is -1.04. The molecule has 0 bridgehead atoms. The third-order valence-corrected chi connectivity index (χ3v) is 2.35. The van der Waals surface area contributed by atoms with Crippen LogP contribution in [0.4, 0.5) is 0 Å². The Kier molecular flexibility index (Phi) is 3.88. The molecule has 1 atom stereocenters. The summed E-state index contributed by atoms with van der Waals surface area (Å²) in [6.07, 6.45) is 0.865. The fraction of sp³-hybridized carbons (Fsp3) is 0.778. The lowest BCUT2D eigenvalue weighted by atomic mass is 10.1. The predicted molar refractivity (Wildman–Crippen MR) is 50.5 cm³/mol. The number of amides is 2. The minimum Gasteiger partial charge on any atom is -0.396 e. The zero-order valence-electron chi connectivity index (χ0n) is 8.32. The van der Waals surface area contributed by atoms with E-state index in [1.54, 1.807) is 11.9 Å². The molecular weight excluding hydrogens is 184 g/mol. The van der Waals surface area contributed by atoms with Gasteiger partial charge in [0.1, 0.15) is 0 Å². The van der Waals surface area contributed by atoms with Gasteiger partial charge in [0.05, 0.1) is 5.92 Å². The molecule has 0 aromatic heterocycles. The van der Waals surface area contributed by atoms with Crippen molar-refractivity contribution in [2.45, 2.75) is 12.8 Å². The van der Waals surface area contributed by atoms with Gasteiger partial charge < -0.3 is 15.3 Å². The van der Waals surface area contributed by atoms with Gasteiger partial charge in [-0.1, -0.05) is 0 Å². The van der Waals surface area contributed by atoms with Gasteiger partial charge in [-0.3, -0.25) is 9.59 Å². The second kappa shape index (κ2) is 4.95. The van der Waals surface area contributed by atoms with E-state index < -0.39 is 0 Å². The van der Waals surface area contributed by atoms with E-state index in [9.17, 15) is 9.59 Å². The second-order valence-electron chi connectivity index (χ2n) is 3.54. The van der Waals surface area contributed by atoms with Crippen LogP contribution in [-0.2, 0) is 9.59 Å². The average Bonchev–Trinajstić information content (AvgIpc) is 2.47. The molecule has 0 saturated carbocycles. The Morgan fingerprint density at radius 2 is 2.43 bits per heavy atom. The molecule has 0 aromatic carbocycles. The number of carbonyl (C=O) groups is 2. The van der Waals surface area contributed by atoms with Crippen molar-refractivity contribution in [1.29, 1.82) is 0 Å². The van der Waals surface area contributed by atoms with E-state index >= 15 is 0 Å². The van der Waals surface area contributed by atoms with Crippen molar-refractivity contribution < 1.29 is 14.7 Å². The lowest BCUT2D eigenvalue weighted by molar-refractivity contribution is -0.128. The van der Waals surface area contributed by atoms with Crippen LogP contribution in [0.2, 0.25) is 0 Å². The molecule has 0 radical (unpaired) electrons. The number of carbonyl (C=O) groups excluding carboxylic acids is 2. The minimum atomic E-state index is -0.216. The first-order chi connectivity index (χ1) is 6.65. The fourth-order valence-corrected chi connectivity index (χ4v) is 1.47. The van der Waals surface area contributed by atoms with E-state index in [0.717, 1.165) is 0 Å². The number of hydrogen-bond acceptors (Lipinski definition) is 3. The van der Waals surface area contributed by atoms with E-state index in [1.807, 2.05) is 0 Å². The van der Waals surface area contributed by atoms with E-state index in [4.69, 9.17) is 5.11 Å². The van der Waals surface area contributed by atoms with Gasteiger partial charge in [-0.2, -0.15) is 0 Å². The minimum absolute atomic E-state index is 0.0207. The maximum absolute atomic E-state index is 11.4. The molecule has 1 aliphatic heterocycles. The number of likely N-dealkylation sites (tertiary alicyclic amines) is 1. The molecular formula is C9H16N2O3. The molecule has 1 saturated heterocycles. The van der Waals surface area contributed by atoms with Crippen molar-refractivity contribution in [3.8, 4) is 0 Å². The van der Waals surface area contributed by atoms with Crippen molar-refractivity contribution in [2.75, 3.05) is 26.7 Å². The summed E-state index contributed by atoms with van der Waals surface area (Å²) < 4.78 is 0. The van der Waals surface area contributed by atoms with Gasteiger partial charge in [0.2, 0.25) is 11.8 Å². The molecule has 1 fully saturated rings. The maximum Gasteiger partial charge on any atom is 0.225 e. The Morgan fingerprint density at radius 3 is 2.93 bits per heavy atom. The smallest absolute Gasteiger partial charge is 0.225 e. The highest BCUT2D eigenvalue weighted by Crippen LogP contribution is 2.15. The highest BCUT2D eigenvalue weighted by molar-refractivity contribution is 5.89. The average molecular weight is 200 g/mol. The third-order valence-electron chi connectivity index (χ3n) is 2.35. The first-order valence-electron chi connectivity index (χ1n) is 4.77. The quantitative estimate of drug-likeness (QED) is 0.570. The summed E-state index contributed by atoms with van der Waals surface area (Å²) in [6.45, 7) is 1.05.